The molecule has 2 aromatic rings. The minimum absolute atomic E-state index is 0.560. The Hall–Kier alpha value is -2.20. The summed E-state index contributed by atoms with van der Waals surface area (Å²) in [5, 5.41) is 11.0. The summed E-state index contributed by atoms with van der Waals surface area (Å²) in [4.78, 5) is 0. The van der Waals surface area contributed by atoms with Crippen molar-refractivity contribution < 1.29 is 19.3 Å². The van der Waals surface area contributed by atoms with Gasteiger partial charge in [0.2, 0.25) is 0 Å². The van der Waals surface area contributed by atoms with Gasteiger partial charge in [0, 0.05) is 17.2 Å². The number of benzene rings is 2. The lowest BCUT2D eigenvalue weighted by Gasteiger charge is -2.28. The van der Waals surface area contributed by atoms with Gasteiger partial charge in [-0.2, -0.15) is 0 Å². The molecule has 1 N–H and O–H groups in total. The van der Waals surface area contributed by atoms with Gasteiger partial charge < -0.3 is 19.3 Å². The minimum atomic E-state index is -1.25. The average molecular weight is 288 g/mol. The van der Waals surface area contributed by atoms with Crippen molar-refractivity contribution in [1.82, 2.24) is 0 Å². The van der Waals surface area contributed by atoms with Gasteiger partial charge in [-0.1, -0.05) is 18.2 Å². The third kappa shape index (κ3) is 2.81. The number of ether oxygens (including phenoxy) is 3. The van der Waals surface area contributed by atoms with Crippen molar-refractivity contribution in [3.05, 3.63) is 53.6 Å². The average Bonchev–Trinajstić information content (AvgIpc) is 2.53. The van der Waals surface area contributed by atoms with E-state index in [1.807, 2.05) is 24.3 Å². The lowest BCUT2D eigenvalue weighted by atomic mass is 9.87. The maximum Gasteiger partial charge on any atom is 0.128 e. The lowest BCUT2D eigenvalue weighted by Crippen LogP contribution is -2.24. The summed E-state index contributed by atoms with van der Waals surface area (Å²) in [6.07, 6.45) is 0. The first-order chi connectivity index (χ1) is 10.0. The second-order valence-electron chi connectivity index (χ2n) is 4.84. The van der Waals surface area contributed by atoms with Gasteiger partial charge in [0.15, 0.2) is 0 Å². The standard InChI is InChI=1S/C17H20O4/c1-17(18,13-7-5-6-8-15(13)20-3)14-10-9-12(19-2)11-16(14)21-4/h5-11,18H,1-4H3. The topological polar surface area (TPSA) is 47.9 Å². The van der Waals surface area contributed by atoms with Crippen LogP contribution in [-0.2, 0) is 5.60 Å². The second-order valence-corrected chi connectivity index (χ2v) is 4.84. The van der Waals surface area contributed by atoms with Crippen LogP contribution >= 0.6 is 0 Å². The van der Waals surface area contributed by atoms with Gasteiger partial charge in [-0.15, -0.1) is 0 Å². The van der Waals surface area contributed by atoms with Crippen molar-refractivity contribution in [3.8, 4) is 17.2 Å². The molecule has 4 nitrogen and oxygen atoms in total. The summed E-state index contributed by atoms with van der Waals surface area (Å²) in [6.45, 7) is 1.72. The van der Waals surface area contributed by atoms with Crippen LogP contribution in [0.2, 0.25) is 0 Å². The van der Waals surface area contributed by atoms with Crippen molar-refractivity contribution in [2.24, 2.45) is 0 Å². The highest BCUT2D eigenvalue weighted by molar-refractivity contribution is 5.51. The fraction of sp³-hybridized carbons (Fsp3) is 0.294. The Bertz CT molecular complexity index is 620. The molecular weight excluding hydrogens is 268 g/mol. The Morgan fingerprint density at radius 2 is 1.43 bits per heavy atom. The van der Waals surface area contributed by atoms with Crippen molar-refractivity contribution in [2.45, 2.75) is 12.5 Å². The largest absolute Gasteiger partial charge is 0.497 e. The predicted octanol–water partition coefficient (Wildman–Crippen LogP) is 2.97. The number of para-hydroxylation sites is 1. The minimum Gasteiger partial charge on any atom is -0.497 e. The quantitative estimate of drug-likeness (QED) is 0.919. The molecule has 21 heavy (non-hydrogen) atoms. The summed E-state index contributed by atoms with van der Waals surface area (Å²) < 4.78 is 15.9. The third-order valence-corrected chi connectivity index (χ3v) is 3.56. The molecule has 0 amide bonds. The second kappa shape index (κ2) is 6.06. The van der Waals surface area contributed by atoms with Crippen LogP contribution in [0.1, 0.15) is 18.1 Å². The summed E-state index contributed by atoms with van der Waals surface area (Å²) >= 11 is 0. The molecule has 0 radical (unpaired) electrons. The molecule has 0 aliphatic heterocycles. The van der Waals surface area contributed by atoms with Crippen molar-refractivity contribution >= 4 is 0 Å². The molecule has 0 spiro atoms. The molecule has 2 rings (SSSR count). The molecule has 2 aromatic carbocycles. The van der Waals surface area contributed by atoms with E-state index in [4.69, 9.17) is 14.2 Å². The van der Waals surface area contributed by atoms with Crippen molar-refractivity contribution in [3.63, 3.8) is 0 Å². The molecule has 0 saturated heterocycles. The maximum atomic E-state index is 11.0. The highest BCUT2D eigenvalue weighted by Gasteiger charge is 2.32. The molecule has 0 bridgehead atoms. The number of rotatable bonds is 5. The van der Waals surface area contributed by atoms with E-state index in [9.17, 15) is 5.11 Å². The van der Waals surface area contributed by atoms with E-state index in [0.717, 1.165) is 0 Å². The highest BCUT2D eigenvalue weighted by Crippen LogP contribution is 2.40. The zero-order valence-electron chi connectivity index (χ0n) is 12.7. The number of aliphatic hydroxyl groups is 1. The predicted molar refractivity (Wildman–Crippen MR) is 81.2 cm³/mol. The molecule has 0 aliphatic rings. The van der Waals surface area contributed by atoms with E-state index in [2.05, 4.69) is 0 Å². The molecular formula is C17H20O4. The summed E-state index contributed by atoms with van der Waals surface area (Å²) in [6, 6.07) is 12.7. The van der Waals surface area contributed by atoms with E-state index in [-0.39, 0.29) is 0 Å². The van der Waals surface area contributed by atoms with Crippen LogP contribution < -0.4 is 14.2 Å². The number of hydrogen-bond donors (Lipinski definition) is 1. The van der Waals surface area contributed by atoms with Gasteiger partial charge in [-0.25, -0.2) is 0 Å². The van der Waals surface area contributed by atoms with Crippen LogP contribution in [0.15, 0.2) is 42.5 Å². The van der Waals surface area contributed by atoms with E-state index in [0.29, 0.717) is 28.4 Å². The number of methoxy groups -OCH3 is 3. The Morgan fingerprint density at radius 1 is 0.810 bits per heavy atom. The number of hydrogen-bond acceptors (Lipinski definition) is 4. The van der Waals surface area contributed by atoms with Gasteiger partial charge in [-0.3, -0.25) is 0 Å². The molecule has 0 aromatic heterocycles. The van der Waals surface area contributed by atoms with Crippen molar-refractivity contribution in [2.75, 3.05) is 21.3 Å². The monoisotopic (exact) mass is 288 g/mol. The SMILES string of the molecule is COc1ccc(C(C)(O)c2ccccc2OC)c(OC)c1. The van der Waals surface area contributed by atoms with Gasteiger partial charge in [0.1, 0.15) is 22.8 Å². The first kappa shape index (κ1) is 15.2. The first-order valence-corrected chi connectivity index (χ1v) is 6.63. The lowest BCUT2D eigenvalue weighted by molar-refractivity contribution is 0.0957. The van der Waals surface area contributed by atoms with Gasteiger partial charge in [0.25, 0.3) is 0 Å². The van der Waals surface area contributed by atoms with Crippen LogP contribution in [0.3, 0.4) is 0 Å². The molecule has 0 saturated carbocycles. The zero-order valence-corrected chi connectivity index (χ0v) is 12.7. The third-order valence-electron chi connectivity index (χ3n) is 3.56. The summed E-state index contributed by atoms with van der Waals surface area (Å²) in [5.41, 5.74) is 0.0794. The summed E-state index contributed by atoms with van der Waals surface area (Å²) in [7, 11) is 4.74. The zero-order chi connectivity index (χ0) is 15.5. The van der Waals surface area contributed by atoms with Crippen LogP contribution in [0.4, 0.5) is 0 Å². The fourth-order valence-corrected chi connectivity index (χ4v) is 2.39. The van der Waals surface area contributed by atoms with Crippen LogP contribution in [0.5, 0.6) is 17.2 Å². The molecule has 0 aliphatic carbocycles. The van der Waals surface area contributed by atoms with Crippen LogP contribution in [0, 0.1) is 0 Å². The molecule has 0 fully saturated rings. The Morgan fingerprint density at radius 3 is 2.05 bits per heavy atom. The highest BCUT2D eigenvalue weighted by atomic mass is 16.5. The Balaban J connectivity index is 2.58. The Labute approximate surface area is 124 Å². The molecule has 1 atom stereocenters. The first-order valence-electron chi connectivity index (χ1n) is 6.63. The van der Waals surface area contributed by atoms with E-state index in [1.54, 1.807) is 46.5 Å². The van der Waals surface area contributed by atoms with Gasteiger partial charge in [-0.05, 0) is 25.1 Å². The summed E-state index contributed by atoms with van der Waals surface area (Å²) in [5.74, 6) is 1.86. The van der Waals surface area contributed by atoms with E-state index < -0.39 is 5.60 Å². The molecule has 1 unspecified atom stereocenters. The smallest absolute Gasteiger partial charge is 0.128 e. The molecule has 112 valence electrons. The van der Waals surface area contributed by atoms with E-state index in [1.165, 1.54) is 0 Å². The van der Waals surface area contributed by atoms with Crippen molar-refractivity contribution in [1.29, 1.82) is 0 Å². The molecule has 0 heterocycles. The van der Waals surface area contributed by atoms with Crippen LogP contribution in [0.25, 0.3) is 0 Å². The van der Waals surface area contributed by atoms with E-state index >= 15 is 0 Å². The molecule has 4 heteroatoms. The van der Waals surface area contributed by atoms with Gasteiger partial charge in [0.05, 0.1) is 21.3 Å². The maximum absolute atomic E-state index is 11.0. The Kier molecular flexibility index (Phi) is 4.38. The van der Waals surface area contributed by atoms with Crippen LogP contribution in [-0.4, -0.2) is 26.4 Å². The fourth-order valence-electron chi connectivity index (χ4n) is 2.39. The normalized spacial score (nSPS) is 13.4. The van der Waals surface area contributed by atoms with Gasteiger partial charge >= 0.3 is 0 Å².